The van der Waals surface area contributed by atoms with Crippen LogP contribution in [0.15, 0.2) is 36.5 Å². The number of rotatable bonds is 4. The number of halogens is 1. The topological polar surface area (TPSA) is 92.1 Å². The van der Waals surface area contributed by atoms with Crippen LogP contribution in [0, 0.1) is 11.3 Å². The molecule has 2 rings (SSSR count). The molecule has 146 valence electrons. The van der Waals surface area contributed by atoms with Gasteiger partial charge in [0.1, 0.15) is 11.3 Å². The maximum absolute atomic E-state index is 13.0. The van der Waals surface area contributed by atoms with Gasteiger partial charge < -0.3 is 4.74 Å². The average Bonchev–Trinajstić information content (AvgIpc) is 2.59. The molecule has 0 unspecified atom stereocenters. The van der Waals surface area contributed by atoms with Crippen molar-refractivity contribution in [3.05, 3.63) is 58.4 Å². The second kappa shape index (κ2) is 7.99. The number of hydrogen-bond acceptors (Lipinski definition) is 5. The quantitative estimate of drug-likeness (QED) is 0.720. The lowest BCUT2D eigenvalue weighted by Gasteiger charge is -2.24. The summed E-state index contributed by atoms with van der Waals surface area (Å²) in [5.74, 6) is -0.234. The molecule has 0 radical (unpaired) electrons. The van der Waals surface area contributed by atoms with Gasteiger partial charge >= 0.3 is 6.09 Å². The van der Waals surface area contributed by atoms with Gasteiger partial charge in [-0.1, -0.05) is 11.6 Å². The summed E-state index contributed by atoms with van der Waals surface area (Å²) in [7, 11) is 0. The first kappa shape index (κ1) is 21.4. The Labute approximate surface area is 169 Å². The molecule has 28 heavy (non-hydrogen) atoms. The number of ether oxygens (including phenoxy) is 1. The van der Waals surface area contributed by atoms with Gasteiger partial charge in [0, 0.05) is 5.02 Å². The Morgan fingerprint density at radius 3 is 2.36 bits per heavy atom. The molecule has 0 atom stereocenters. The Balaban J connectivity index is 2.21. The summed E-state index contributed by atoms with van der Waals surface area (Å²) in [5.41, 5.74) is 0.101. The van der Waals surface area contributed by atoms with E-state index in [-0.39, 0.29) is 11.5 Å². The zero-order valence-corrected chi connectivity index (χ0v) is 17.2. The summed E-state index contributed by atoms with van der Waals surface area (Å²) < 4.78 is 5.18. The fraction of sp³-hybridized carbons (Fsp3) is 0.333. The van der Waals surface area contributed by atoms with Gasteiger partial charge in [-0.05, 0) is 70.5 Å². The molecule has 0 saturated heterocycles. The summed E-state index contributed by atoms with van der Waals surface area (Å²) in [6.07, 6.45) is 0.794. The van der Waals surface area contributed by atoms with Gasteiger partial charge in [-0.15, -0.1) is 0 Å². The lowest BCUT2D eigenvalue weighted by molar-refractivity contribution is 0.0635. The van der Waals surface area contributed by atoms with Gasteiger partial charge in [-0.25, -0.2) is 4.79 Å². The van der Waals surface area contributed by atoms with Crippen molar-refractivity contribution in [2.24, 2.45) is 0 Å². The van der Waals surface area contributed by atoms with Crippen LogP contribution < -0.4 is 5.32 Å². The first-order valence-corrected chi connectivity index (χ1v) is 9.02. The smallest absolute Gasteiger partial charge is 0.412 e. The van der Waals surface area contributed by atoms with Crippen molar-refractivity contribution in [3.8, 4) is 6.07 Å². The molecule has 1 amide bonds. The summed E-state index contributed by atoms with van der Waals surface area (Å²) >= 11 is 6.07. The highest BCUT2D eigenvalue weighted by Gasteiger charge is 2.32. The molecular formula is C21H22ClN3O3. The number of carbonyl (C=O) groups excluding carboxylic acids is 2. The maximum Gasteiger partial charge on any atom is 0.412 e. The standard InChI is InChI=1S/C21H22ClN3O3/c1-20(2,3)28-19(27)25-16-6-7-17(24-12-16)18(26)21(4,5)14-8-13(11-23)9-15(22)10-14/h6-10,12H,1-5H3,(H,25,27). The van der Waals surface area contributed by atoms with Gasteiger partial charge in [0.05, 0.1) is 28.9 Å². The van der Waals surface area contributed by atoms with E-state index in [9.17, 15) is 9.59 Å². The van der Waals surface area contributed by atoms with Crippen molar-refractivity contribution in [2.75, 3.05) is 5.32 Å². The lowest BCUT2D eigenvalue weighted by Crippen LogP contribution is -2.30. The number of nitriles is 1. The van der Waals surface area contributed by atoms with Crippen molar-refractivity contribution in [2.45, 2.75) is 45.6 Å². The highest BCUT2D eigenvalue weighted by molar-refractivity contribution is 6.30. The van der Waals surface area contributed by atoms with Crippen LogP contribution in [0.25, 0.3) is 0 Å². The summed E-state index contributed by atoms with van der Waals surface area (Å²) in [4.78, 5) is 29.0. The molecule has 0 bridgehead atoms. The first-order chi connectivity index (χ1) is 12.9. The molecule has 0 aliphatic carbocycles. The highest BCUT2D eigenvalue weighted by Crippen LogP contribution is 2.30. The number of Topliss-reactive ketones (excluding diaryl/α,β-unsaturated/α-hetero) is 1. The molecule has 0 aliphatic rings. The number of nitrogens with one attached hydrogen (secondary N) is 1. The molecule has 1 aromatic heterocycles. The van der Waals surface area contributed by atoms with Gasteiger partial charge in [-0.3, -0.25) is 15.1 Å². The second-order valence-corrected chi connectivity index (χ2v) is 8.29. The van der Waals surface area contributed by atoms with E-state index in [4.69, 9.17) is 21.6 Å². The number of amides is 1. The van der Waals surface area contributed by atoms with Crippen LogP contribution >= 0.6 is 11.6 Å². The Hall–Kier alpha value is -2.91. The maximum atomic E-state index is 13.0. The van der Waals surface area contributed by atoms with Crippen LogP contribution in [0.2, 0.25) is 5.02 Å². The molecule has 0 fully saturated rings. The molecule has 0 aliphatic heterocycles. The Morgan fingerprint density at radius 2 is 1.82 bits per heavy atom. The molecular weight excluding hydrogens is 378 g/mol. The van der Waals surface area contributed by atoms with Crippen molar-refractivity contribution in [1.29, 1.82) is 5.26 Å². The van der Waals surface area contributed by atoms with Gasteiger partial charge in [-0.2, -0.15) is 5.26 Å². The molecule has 1 heterocycles. The zero-order valence-electron chi connectivity index (χ0n) is 16.5. The van der Waals surface area contributed by atoms with Crippen molar-refractivity contribution < 1.29 is 14.3 Å². The van der Waals surface area contributed by atoms with Crippen molar-refractivity contribution in [1.82, 2.24) is 4.98 Å². The van der Waals surface area contributed by atoms with Crippen molar-refractivity contribution >= 4 is 29.2 Å². The fourth-order valence-corrected chi connectivity index (χ4v) is 2.72. The predicted octanol–water partition coefficient (Wildman–Crippen LogP) is 5.11. The summed E-state index contributed by atoms with van der Waals surface area (Å²) in [5, 5.41) is 12.1. The Kier molecular flexibility index (Phi) is 6.10. The molecule has 7 heteroatoms. The largest absolute Gasteiger partial charge is 0.444 e. The predicted molar refractivity (Wildman–Crippen MR) is 108 cm³/mol. The second-order valence-electron chi connectivity index (χ2n) is 7.85. The number of carbonyl (C=O) groups is 2. The SMILES string of the molecule is CC(C)(C)OC(=O)Nc1ccc(C(=O)C(C)(C)c2cc(Cl)cc(C#N)c2)nc1. The third-order valence-corrected chi connectivity index (χ3v) is 4.18. The Morgan fingerprint density at radius 1 is 1.14 bits per heavy atom. The van der Waals surface area contributed by atoms with Crippen LogP contribution in [0.4, 0.5) is 10.5 Å². The number of ketones is 1. The van der Waals surface area contributed by atoms with Crippen LogP contribution in [-0.4, -0.2) is 22.5 Å². The van der Waals surface area contributed by atoms with Crippen LogP contribution in [-0.2, 0) is 10.2 Å². The van der Waals surface area contributed by atoms with E-state index in [1.54, 1.807) is 58.9 Å². The number of pyridine rings is 1. The van der Waals surface area contributed by atoms with Gasteiger partial charge in [0.25, 0.3) is 0 Å². The molecule has 0 spiro atoms. The Bertz CT molecular complexity index is 939. The van der Waals surface area contributed by atoms with E-state index in [2.05, 4.69) is 10.3 Å². The van der Waals surface area contributed by atoms with Gasteiger partial charge in [0.15, 0.2) is 5.78 Å². The minimum absolute atomic E-state index is 0.234. The van der Waals surface area contributed by atoms with Crippen LogP contribution in [0.1, 0.15) is 56.2 Å². The zero-order chi connectivity index (χ0) is 21.1. The molecule has 2 aromatic rings. The van der Waals surface area contributed by atoms with E-state index >= 15 is 0 Å². The molecule has 0 saturated carbocycles. The number of aromatic nitrogens is 1. The van der Waals surface area contributed by atoms with E-state index in [1.807, 2.05) is 6.07 Å². The number of nitrogens with zero attached hydrogens (tertiary/aromatic N) is 2. The van der Waals surface area contributed by atoms with Crippen molar-refractivity contribution in [3.63, 3.8) is 0 Å². The lowest BCUT2D eigenvalue weighted by atomic mass is 9.78. The number of hydrogen-bond donors (Lipinski definition) is 1. The van der Waals surface area contributed by atoms with Crippen LogP contribution in [0.5, 0.6) is 0 Å². The fourth-order valence-electron chi connectivity index (χ4n) is 2.49. The van der Waals surface area contributed by atoms with E-state index in [0.29, 0.717) is 21.8 Å². The minimum Gasteiger partial charge on any atom is -0.444 e. The van der Waals surface area contributed by atoms with Gasteiger partial charge in [0.2, 0.25) is 0 Å². The minimum atomic E-state index is -0.941. The highest BCUT2D eigenvalue weighted by atomic mass is 35.5. The first-order valence-electron chi connectivity index (χ1n) is 8.64. The number of benzene rings is 1. The van der Waals surface area contributed by atoms with E-state index in [0.717, 1.165) is 0 Å². The monoisotopic (exact) mass is 399 g/mol. The third kappa shape index (κ3) is 5.30. The normalized spacial score (nSPS) is 11.5. The summed E-state index contributed by atoms with van der Waals surface area (Å²) in [6, 6.07) is 10.0. The third-order valence-electron chi connectivity index (χ3n) is 3.96. The number of anilines is 1. The van der Waals surface area contributed by atoms with Crippen LogP contribution in [0.3, 0.4) is 0 Å². The van der Waals surface area contributed by atoms with E-state index < -0.39 is 17.1 Å². The molecule has 1 aromatic carbocycles. The molecule has 1 N–H and O–H groups in total. The summed E-state index contributed by atoms with van der Waals surface area (Å²) in [6.45, 7) is 8.79. The average molecular weight is 400 g/mol. The van der Waals surface area contributed by atoms with E-state index in [1.165, 1.54) is 12.3 Å². The molecule has 6 nitrogen and oxygen atoms in total.